The lowest BCUT2D eigenvalue weighted by Gasteiger charge is -2.05. The number of hydrogen-bond acceptors (Lipinski definition) is 7. The van der Waals surface area contributed by atoms with Crippen LogP contribution >= 0.6 is 0 Å². The van der Waals surface area contributed by atoms with Crippen molar-refractivity contribution in [1.82, 2.24) is 10.1 Å². The normalized spacial score (nSPS) is 10.3. The second-order valence-electron chi connectivity index (χ2n) is 5.10. The molecule has 0 radical (unpaired) electrons. The molecule has 126 valence electrons. The third-order valence-electron chi connectivity index (χ3n) is 3.18. The van der Waals surface area contributed by atoms with Crippen molar-refractivity contribution in [3.8, 4) is 34.3 Å². The average Bonchev–Trinajstić information content (AvgIpc) is 3.04. The van der Waals surface area contributed by atoms with E-state index in [1.807, 2.05) is 0 Å². The standard InChI is InChI=1S/C18H14N2O5/c1-11(21)23-15-9-5-3-7-13(15)17-19-18(25-20-17)14-8-4-6-10-16(14)24-12(2)22/h3-10H,1-2H3. The number of ether oxygens (including phenoxy) is 2. The first-order chi connectivity index (χ1) is 12.0. The van der Waals surface area contributed by atoms with E-state index in [0.29, 0.717) is 22.6 Å². The maximum atomic E-state index is 11.2. The highest BCUT2D eigenvalue weighted by Gasteiger charge is 2.18. The van der Waals surface area contributed by atoms with E-state index in [1.54, 1.807) is 48.5 Å². The van der Waals surface area contributed by atoms with E-state index in [2.05, 4.69) is 10.1 Å². The molecule has 0 unspecified atom stereocenters. The summed E-state index contributed by atoms with van der Waals surface area (Å²) < 4.78 is 15.6. The van der Waals surface area contributed by atoms with Gasteiger partial charge in [-0.05, 0) is 24.3 Å². The Balaban J connectivity index is 2.00. The molecule has 3 aromatic rings. The summed E-state index contributed by atoms with van der Waals surface area (Å²) in [5.41, 5.74) is 0.999. The first-order valence-electron chi connectivity index (χ1n) is 7.44. The molecule has 0 aliphatic rings. The Morgan fingerprint density at radius 3 is 1.96 bits per heavy atom. The lowest BCUT2D eigenvalue weighted by molar-refractivity contribution is -0.132. The smallest absolute Gasteiger partial charge is 0.308 e. The summed E-state index contributed by atoms with van der Waals surface area (Å²) in [5.74, 6) is 0.187. The van der Waals surface area contributed by atoms with Crippen molar-refractivity contribution in [2.75, 3.05) is 0 Å². The van der Waals surface area contributed by atoms with Gasteiger partial charge in [0.05, 0.1) is 11.1 Å². The van der Waals surface area contributed by atoms with Crippen LogP contribution in [-0.4, -0.2) is 22.1 Å². The van der Waals surface area contributed by atoms with Gasteiger partial charge in [-0.2, -0.15) is 4.98 Å². The van der Waals surface area contributed by atoms with Crippen LogP contribution in [0, 0.1) is 0 Å². The minimum absolute atomic E-state index is 0.185. The van der Waals surface area contributed by atoms with E-state index >= 15 is 0 Å². The van der Waals surface area contributed by atoms with E-state index < -0.39 is 11.9 Å². The van der Waals surface area contributed by atoms with Crippen LogP contribution in [0.2, 0.25) is 0 Å². The summed E-state index contributed by atoms with van der Waals surface area (Å²) >= 11 is 0. The van der Waals surface area contributed by atoms with Crippen molar-refractivity contribution in [3.05, 3.63) is 48.5 Å². The van der Waals surface area contributed by atoms with Crippen LogP contribution in [-0.2, 0) is 9.59 Å². The molecule has 2 aromatic carbocycles. The Labute approximate surface area is 143 Å². The molecule has 0 saturated heterocycles. The predicted octanol–water partition coefficient (Wildman–Crippen LogP) is 3.25. The van der Waals surface area contributed by atoms with Crippen molar-refractivity contribution >= 4 is 11.9 Å². The molecule has 7 heteroatoms. The number of para-hydroxylation sites is 2. The van der Waals surface area contributed by atoms with Gasteiger partial charge in [0.2, 0.25) is 5.82 Å². The van der Waals surface area contributed by atoms with E-state index in [-0.39, 0.29) is 11.7 Å². The first kappa shape index (κ1) is 16.4. The van der Waals surface area contributed by atoms with Crippen LogP contribution in [0.3, 0.4) is 0 Å². The summed E-state index contributed by atoms with van der Waals surface area (Å²) in [6, 6.07) is 13.7. The maximum absolute atomic E-state index is 11.2. The van der Waals surface area contributed by atoms with Crippen molar-refractivity contribution in [2.24, 2.45) is 0 Å². The molecule has 0 aliphatic carbocycles. The third-order valence-corrected chi connectivity index (χ3v) is 3.18. The average molecular weight is 338 g/mol. The lowest BCUT2D eigenvalue weighted by atomic mass is 10.2. The van der Waals surface area contributed by atoms with Crippen molar-refractivity contribution in [2.45, 2.75) is 13.8 Å². The number of benzene rings is 2. The van der Waals surface area contributed by atoms with Crippen molar-refractivity contribution in [3.63, 3.8) is 0 Å². The molecule has 1 aromatic heterocycles. The van der Waals surface area contributed by atoms with Gasteiger partial charge < -0.3 is 14.0 Å². The van der Waals surface area contributed by atoms with Gasteiger partial charge in [-0.1, -0.05) is 29.4 Å². The van der Waals surface area contributed by atoms with Gasteiger partial charge in [0.1, 0.15) is 11.5 Å². The SMILES string of the molecule is CC(=O)Oc1ccccc1-c1noc(-c2ccccc2OC(C)=O)n1. The molecule has 1 heterocycles. The van der Waals surface area contributed by atoms with Crippen LogP contribution in [0.5, 0.6) is 11.5 Å². The zero-order valence-corrected chi connectivity index (χ0v) is 13.6. The number of nitrogens with zero attached hydrogens (tertiary/aromatic N) is 2. The molecule has 0 N–H and O–H groups in total. The molecule has 0 saturated carbocycles. The van der Waals surface area contributed by atoms with E-state index in [9.17, 15) is 9.59 Å². The summed E-state index contributed by atoms with van der Waals surface area (Å²) in [6.45, 7) is 2.62. The molecule has 3 rings (SSSR count). The fourth-order valence-corrected chi connectivity index (χ4v) is 2.22. The number of rotatable bonds is 4. The highest BCUT2D eigenvalue weighted by molar-refractivity contribution is 5.76. The molecular weight excluding hydrogens is 324 g/mol. The van der Waals surface area contributed by atoms with Gasteiger partial charge in [0, 0.05) is 13.8 Å². The Morgan fingerprint density at radius 1 is 0.840 bits per heavy atom. The molecule has 25 heavy (non-hydrogen) atoms. The Morgan fingerprint density at radius 2 is 1.36 bits per heavy atom. The van der Waals surface area contributed by atoms with Gasteiger partial charge in [-0.3, -0.25) is 9.59 Å². The second-order valence-corrected chi connectivity index (χ2v) is 5.10. The highest BCUT2D eigenvalue weighted by Crippen LogP contribution is 2.33. The number of carbonyl (C=O) groups excluding carboxylic acids is 2. The number of esters is 2. The van der Waals surface area contributed by atoms with Crippen LogP contribution in [0.15, 0.2) is 53.1 Å². The number of hydrogen-bond donors (Lipinski definition) is 0. The molecule has 7 nitrogen and oxygen atoms in total. The largest absolute Gasteiger partial charge is 0.426 e. The highest BCUT2D eigenvalue weighted by atomic mass is 16.5. The quantitative estimate of drug-likeness (QED) is 0.532. The van der Waals surface area contributed by atoms with Crippen LogP contribution < -0.4 is 9.47 Å². The second kappa shape index (κ2) is 6.96. The minimum atomic E-state index is -0.451. The molecular formula is C18H14N2O5. The fraction of sp³-hybridized carbons (Fsp3) is 0.111. The van der Waals surface area contributed by atoms with Crippen LogP contribution in [0.4, 0.5) is 0 Å². The van der Waals surface area contributed by atoms with Gasteiger partial charge in [0.15, 0.2) is 0 Å². The molecule has 0 amide bonds. The van der Waals surface area contributed by atoms with Gasteiger partial charge in [-0.25, -0.2) is 0 Å². The van der Waals surface area contributed by atoms with Gasteiger partial charge >= 0.3 is 11.9 Å². The number of aromatic nitrogens is 2. The van der Waals surface area contributed by atoms with Crippen LogP contribution in [0.1, 0.15) is 13.8 Å². The van der Waals surface area contributed by atoms with Crippen molar-refractivity contribution < 1.29 is 23.6 Å². The summed E-state index contributed by atoms with van der Waals surface area (Å²) in [7, 11) is 0. The van der Waals surface area contributed by atoms with Crippen LogP contribution in [0.25, 0.3) is 22.8 Å². The maximum Gasteiger partial charge on any atom is 0.308 e. The fourth-order valence-electron chi connectivity index (χ4n) is 2.22. The van der Waals surface area contributed by atoms with E-state index in [4.69, 9.17) is 14.0 Å². The van der Waals surface area contributed by atoms with E-state index in [0.717, 1.165) is 0 Å². The molecule has 0 bridgehead atoms. The Kier molecular flexibility index (Phi) is 4.56. The first-order valence-corrected chi connectivity index (χ1v) is 7.44. The zero-order chi connectivity index (χ0) is 17.8. The molecule has 0 atom stereocenters. The lowest BCUT2D eigenvalue weighted by Crippen LogP contribution is -2.03. The number of carbonyl (C=O) groups is 2. The minimum Gasteiger partial charge on any atom is -0.426 e. The van der Waals surface area contributed by atoms with Gasteiger partial charge in [-0.15, -0.1) is 0 Å². The van der Waals surface area contributed by atoms with Gasteiger partial charge in [0.25, 0.3) is 5.89 Å². The monoisotopic (exact) mass is 338 g/mol. The Bertz CT molecular complexity index is 858. The predicted molar refractivity (Wildman–Crippen MR) is 87.8 cm³/mol. The molecule has 0 spiro atoms. The topological polar surface area (TPSA) is 91.5 Å². The summed E-state index contributed by atoms with van der Waals surface area (Å²) in [4.78, 5) is 26.8. The summed E-state index contributed by atoms with van der Waals surface area (Å²) in [5, 5.41) is 3.93. The molecule has 0 aliphatic heterocycles. The third kappa shape index (κ3) is 3.72. The zero-order valence-electron chi connectivity index (χ0n) is 13.6. The molecule has 0 fully saturated rings. The Hall–Kier alpha value is -3.48. The van der Waals surface area contributed by atoms with E-state index in [1.165, 1.54) is 13.8 Å². The summed E-state index contributed by atoms with van der Waals surface area (Å²) in [6.07, 6.45) is 0. The van der Waals surface area contributed by atoms with Crippen molar-refractivity contribution in [1.29, 1.82) is 0 Å².